The number of benzene rings is 1. The van der Waals surface area contributed by atoms with Gasteiger partial charge in [0.25, 0.3) is 0 Å². The minimum absolute atomic E-state index is 0.674. The summed E-state index contributed by atoms with van der Waals surface area (Å²) in [6.45, 7) is 6.28. The van der Waals surface area contributed by atoms with Gasteiger partial charge in [0.2, 0.25) is 0 Å². The van der Waals surface area contributed by atoms with Crippen molar-refractivity contribution in [3.8, 4) is 0 Å². The summed E-state index contributed by atoms with van der Waals surface area (Å²) in [5, 5.41) is 1.17. The number of rotatable bonds is 5. The molecule has 0 spiro atoms. The highest BCUT2D eigenvalue weighted by Crippen LogP contribution is 2.20. The lowest BCUT2D eigenvalue weighted by molar-refractivity contribution is 0.508. The number of aryl methyl sites for hydroxylation is 1. The molecule has 0 atom stereocenters. The summed E-state index contributed by atoms with van der Waals surface area (Å²) in [5.41, 5.74) is 3.30. The van der Waals surface area contributed by atoms with Gasteiger partial charge in [-0.05, 0) is 42.7 Å². The molecule has 3 heterocycles. The van der Waals surface area contributed by atoms with Crippen LogP contribution in [-0.2, 0) is 13.1 Å². The molecule has 24 heavy (non-hydrogen) atoms. The second kappa shape index (κ2) is 6.11. The van der Waals surface area contributed by atoms with Crippen LogP contribution < -0.4 is 0 Å². The molecular weight excluding hydrogens is 296 g/mol. The number of pyridine rings is 1. The van der Waals surface area contributed by atoms with E-state index < -0.39 is 0 Å². The topological polar surface area (TPSA) is 35.6 Å². The molecule has 0 aliphatic carbocycles. The van der Waals surface area contributed by atoms with Crippen LogP contribution in [0.5, 0.6) is 0 Å². The first-order valence-corrected chi connectivity index (χ1v) is 8.56. The molecule has 0 N–H and O–H groups in total. The quantitative estimate of drug-likeness (QED) is 0.544. The van der Waals surface area contributed by atoms with Crippen molar-refractivity contribution < 1.29 is 0 Å². The number of aromatic nitrogens is 4. The molecule has 0 saturated heterocycles. The molecule has 4 rings (SSSR count). The number of fused-ring (bicyclic) bond motifs is 2. The van der Waals surface area contributed by atoms with Crippen molar-refractivity contribution in [3.05, 3.63) is 60.7 Å². The van der Waals surface area contributed by atoms with Crippen molar-refractivity contribution in [3.63, 3.8) is 0 Å². The van der Waals surface area contributed by atoms with Crippen LogP contribution >= 0.6 is 0 Å². The molecule has 0 bridgehead atoms. The summed E-state index contributed by atoms with van der Waals surface area (Å²) in [7, 11) is 0. The fourth-order valence-corrected chi connectivity index (χ4v) is 3.18. The number of para-hydroxylation sites is 2. The highest BCUT2D eigenvalue weighted by Gasteiger charge is 2.12. The van der Waals surface area contributed by atoms with Gasteiger partial charge in [-0.2, -0.15) is 0 Å². The zero-order chi connectivity index (χ0) is 16.5. The van der Waals surface area contributed by atoms with Gasteiger partial charge in [-0.3, -0.25) is 0 Å². The molecule has 0 aliphatic rings. The van der Waals surface area contributed by atoms with Gasteiger partial charge in [-0.15, -0.1) is 0 Å². The van der Waals surface area contributed by atoms with Crippen LogP contribution in [0.15, 0.2) is 54.9 Å². The lowest BCUT2D eigenvalue weighted by Crippen LogP contribution is -2.10. The maximum Gasteiger partial charge on any atom is 0.140 e. The Morgan fingerprint density at radius 2 is 1.92 bits per heavy atom. The van der Waals surface area contributed by atoms with Gasteiger partial charge in [0.05, 0.1) is 17.6 Å². The van der Waals surface area contributed by atoms with Crippen molar-refractivity contribution in [2.45, 2.75) is 33.4 Å². The van der Waals surface area contributed by atoms with Crippen molar-refractivity contribution in [1.82, 2.24) is 19.1 Å². The van der Waals surface area contributed by atoms with E-state index in [0.29, 0.717) is 5.92 Å². The number of imidazole rings is 1. The fourth-order valence-electron chi connectivity index (χ4n) is 3.18. The van der Waals surface area contributed by atoms with E-state index in [-0.39, 0.29) is 0 Å². The summed E-state index contributed by atoms with van der Waals surface area (Å²) in [5.74, 6) is 1.77. The summed E-state index contributed by atoms with van der Waals surface area (Å²) in [4.78, 5) is 9.41. The number of hydrogen-bond acceptors (Lipinski definition) is 2. The second-order valence-electron chi connectivity index (χ2n) is 6.71. The van der Waals surface area contributed by atoms with E-state index >= 15 is 0 Å². The van der Waals surface area contributed by atoms with Crippen LogP contribution in [0.3, 0.4) is 0 Å². The van der Waals surface area contributed by atoms with Gasteiger partial charge in [0.1, 0.15) is 11.5 Å². The molecule has 0 saturated carbocycles. The zero-order valence-electron chi connectivity index (χ0n) is 14.2. The first-order valence-electron chi connectivity index (χ1n) is 8.56. The van der Waals surface area contributed by atoms with E-state index in [1.54, 1.807) is 0 Å². The molecule has 0 unspecified atom stereocenters. The van der Waals surface area contributed by atoms with Gasteiger partial charge in [0, 0.05) is 24.3 Å². The summed E-state index contributed by atoms with van der Waals surface area (Å²) < 4.78 is 4.55. The third-order valence-corrected chi connectivity index (χ3v) is 4.50. The van der Waals surface area contributed by atoms with Gasteiger partial charge >= 0.3 is 0 Å². The Kier molecular flexibility index (Phi) is 3.81. The first kappa shape index (κ1) is 14.9. The summed E-state index contributed by atoms with van der Waals surface area (Å²) >= 11 is 0. The average molecular weight is 318 g/mol. The molecule has 0 amide bonds. The minimum Gasteiger partial charge on any atom is -0.326 e. The first-order chi connectivity index (χ1) is 11.7. The summed E-state index contributed by atoms with van der Waals surface area (Å²) in [6, 6.07) is 14.6. The lowest BCUT2D eigenvalue weighted by Gasteiger charge is -2.12. The molecule has 3 aromatic heterocycles. The molecule has 0 aliphatic heterocycles. The molecule has 4 aromatic rings. The van der Waals surface area contributed by atoms with Crippen LogP contribution in [0.1, 0.15) is 26.1 Å². The largest absolute Gasteiger partial charge is 0.326 e. The Bertz CT molecular complexity index is 978. The third kappa shape index (κ3) is 2.68. The van der Waals surface area contributed by atoms with Crippen LogP contribution in [0.4, 0.5) is 0 Å². The maximum absolute atomic E-state index is 4.89. The van der Waals surface area contributed by atoms with E-state index in [1.165, 1.54) is 10.9 Å². The highest BCUT2D eigenvalue weighted by molar-refractivity contribution is 5.77. The van der Waals surface area contributed by atoms with Gasteiger partial charge < -0.3 is 9.13 Å². The van der Waals surface area contributed by atoms with Crippen molar-refractivity contribution in [2.24, 2.45) is 5.92 Å². The van der Waals surface area contributed by atoms with E-state index in [0.717, 1.165) is 36.5 Å². The minimum atomic E-state index is 0.674. The molecular formula is C20H22N4. The Morgan fingerprint density at radius 3 is 2.79 bits per heavy atom. The predicted octanol–water partition coefficient (Wildman–Crippen LogP) is 4.48. The predicted molar refractivity (Wildman–Crippen MR) is 98.0 cm³/mol. The fraction of sp³-hybridized carbons (Fsp3) is 0.300. The standard InChI is InChI=1S/C20H22N4/c1-15(2)9-13-24-18-8-4-3-7-17(18)22-19(24)14-23-12-10-16-6-5-11-21-20(16)23/h3-8,10-12,15H,9,13-14H2,1-2H3. The van der Waals surface area contributed by atoms with Crippen LogP contribution in [0.25, 0.3) is 22.1 Å². The van der Waals surface area contributed by atoms with E-state index in [4.69, 9.17) is 4.98 Å². The second-order valence-corrected chi connectivity index (χ2v) is 6.71. The Morgan fingerprint density at radius 1 is 1.04 bits per heavy atom. The normalized spacial score (nSPS) is 11.8. The van der Waals surface area contributed by atoms with Crippen molar-refractivity contribution in [2.75, 3.05) is 0 Å². The SMILES string of the molecule is CC(C)CCn1c(Cn2ccc3cccnc32)nc2ccccc21. The Hall–Kier alpha value is -2.62. The van der Waals surface area contributed by atoms with Crippen LogP contribution in [0, 0.1) is 5.92 Å². The molecule has 0 fully saturated rings. The van der Waals surface area contributed by atoms with Gasteiger partial charge in [-0.25, -0.2) is 9.97 Å². The van der Waals surface area contributed by atoms with E-state index in [2.05, 4.69) is 70.6 Å². The maximum atomic E-state index is 4.89. The van der Waals surface area contributed by atoms with Crippen molar-refractivity contribution >= 4 is 22.1 Å². The monoisotopic (exact) mass is 318 g/mol. The summed E-state index contributed by atoms with van der Waals surface area (Å²) in [6.07, 6.45) is 5.10. The zero-order valence-corrected chi connectivity index (χ0v) is 14.2. The van der Waals surface area contributed by atoms with Gasteiger partial charge in [-0.1, -0.05) is 26.0 Å². The Labute approximate surface area is 141 Å². The van der Waals surface area contributed by atoms with Crippen LogP contribution in [-0.4, -0.2) is 19.1 Å². The number of hydrogen-bond donors (Lipinski definition) is 0. The van der Waals surface area contributed by atoms with E-state index in [1.807, 2.05) is 12.3 Å². The molecule has 122 valence electrons. The molecule has 0 radical (unpaired) electrons. The molecule has 1 aromatic carbocycles. The average Bonchev–Trinajstić information content (AvgIpc) is 3.15. The highest BCUT2D eigenvalue weighted by atomic mass is 15.1. The third-order valence-electron chi connectivity index (χ3n) is 4.50. The van der Waals surface area contributed by atoms with Gasteiger partial charge in [0.15, 0.2) is 0 Å². The Balaban J connectivity index is 1.76. The van der Waals surface area contributed by atoms with Crippen LogP contribution in [0.2, 0.25) is 0 Å². The molecule has 4 nitrogen and oxygen atoms in total. The smallest absolute Gasteiger partial charge is 0.140 e. The van der Waals surface area contributed by atoms with E-state index in [9.17, 15) is 0 Å². The lowest BCUT2D eigenvalue weighted by atomic mass is 10.1. The van der Waals surface area contributed by atoms with Crippen molar-refractivity contribution in [1.29, 1.82) is 0 Å². The molecule has 4 heteroatoms. The number of nitrogens with zero attached hydrogens (tertiary/aromatic N) is 4.